The molecule has 0 spiro atoms. The minimum absolute atomic E-state index is 0.00655. The van der Waals surface area contributed by atoms with Crippen LogP contribution in [0.25, 0.3) is 0 Å². The van der Waals surface area contributed by atoms with Crippen LogP contribution in [-0.4, -0.2) is 143 Å². The standard InChI is InChI=1S/C37H61N11O10/c1-6-20(4)29-34(56)44-22(10-7-13-40-37(38)39)31(53)41-18-27(49)43-23(17-28(50)51)32(54)45-24(16-19(2)3)35(57)48-15-9-12-26(48)36(58)47-14-8-11-25(47)33(55)42-21(5)30(52)46-29/h19-26,29H,6-18H2,1-5H3,(H,41,53)(H,42,55)(H,43,49)(H,44,56)(H,45,54)(H,46,52)(H,50,51)(H4,38,39,40)/t20-,21-,22-,23-,24-,25-,26+,29-/m0/s1. The molecule has 0 aromatic carbocycles. The number of fused-ring (bicyclic) bond motifs is 2. The molecule has 0 unspecified atom stereocenters. The Morgan fingerprint density at radius 3 is 2.00 bits per heavy atom. The zero-order valence-electron chi connectivity index (χ0n) is 34.0. The number of aliphatic carboxylic acids is 1. The van der Waals surface area contributed by atoms with Crippen molar-refractivity contribution in [3.63, 3.8) is 0 Å². The number of hydrogen-bond acceptors (Lipinski definition) is 10. The third-order valence-corrected chi connectivity index (χ3v) is 10.6. The number of nitrogens with one attached hydrogen (secondary N) is 6. The fraction of sp³-hybridized carbons (Fsp3) is 0.730. The average Bonchev–Trinajstić information content (AvgIpc) is 3.86. The lowest BCUT2D eigenvalue weighted by atomic mass is 9.97. The molecule has 0 bridgehead atoms. The van der Waals surface area contributed by atoms with Crippen molar-refractivity contribution in [2.75, 3.05) is 26.2 Å². The van der Waals surface area contributed by atoms with Crippen LogP contribution in [0.15, 0.2) is 4.99 Å². The molecule has 21 heteroatoms. The van der Waals surface area contributed by atoms with E-state index in [-0.39, 0.29) is 50.8 Å². The number of carboxylic acid groups (broad SMARTS) is 1. The molecular formula is C37H61N11O10. The number of guanidine groups is 1. The van der Waals surface area contributed by atoms with E-state index in [1.807, 2.05) is 13.8 Å². The summed E-state index contributed by atoms with van der Waals surface area (Å²) in [6.07, 6.45) is 1.47. The van der Waals surface area contributed by atoms with Gasteiger partial charge in [0.15, 0.2) is 5.96 Å². The molecule has 3 aliphatic rings. The van der Waals surface area contributed by atoms with Gasteiger partial charge in [0.25, 0.3) is 0 Å². The van der Waals surface area contributed by atoms with E-state index in [9.17, 15) is 48.3 Å². The van der Waals surface area contributed by atoms with Crippen LogP contribution < -0.4 is 43.4 Å². The molecule has 0 aromatic rings. The maximum Gasteiger partial charge on any atom is 0.305 e. The zero-order chi connectivity index (χ0) is 43.3. The second-order valence-corrected chi connectivity index (χ2v) is 15.6. The highest BCUT2D eigenvalue weighted by Gasteiger charge is 2.44. The molecule has 0 aromatic heterocycles. The van der Waals surface area contributed by atoms with Gasteiger partial charge < -0.3 is 58.3 Å². The highest BCUT2D eigenvalue weighted by molar-refractivity contribution is 5.99. The van der Waals surface area contributed by atoms with Crippen LogP contribution in [0, 0.1) is 11.8 Å². The Balaban J connectivity index is 2.02. The summed E-state index contributed by atoms with van der Waals surface area (Å²) in [4.78, 5) is 128. The molecule has 3 heterocycles. The number of aliphatic imine (C=N–C) groups is 1. The maximum atomic E-state index is 14.1. The van der Waals surface area contributed by atoms with E-state index < -0.39 is 114 Å². The first-order chi connectivity index (χ1) is 27.3. The predicted molar refractivity (Wildman–Crippen MR) is 209 cm³/mol. The largest absolute Gasteiger partial charge is 0.481 e. The molecule has 0 saturated carbocycles. The van der Waals surface area contributed by atoms with Gasteiger partial charge in [0, 0.05) is 19.6 Å². The number of amides is 8. The summed E-state index contributed by atoms with van der Waals surface area (Å²) in [5.41, 5.74) is 10.8. The molecule has 8 atom stereocenters. The molecule has 8 amide bonds. The smallest absolute Gasteiger partial charge is 0.305 e. The van der Waals surface area contributed by atoms with Crippen LogP contribution in [0.5, 0.6) is 0 Å². The Kier molecular flexibility index (Phi) is 17.7. The minimum Gasteiger partial charge on any atom is -0.481 e. The van der Waals surface area contributed by atoms with Crippen LogP contribution in [0.1, 0.15) is 92.4 Å². The van der Waals surface area contributed by atoms with Gasteiger partial charge in [-0.1, -0.05) is 34.1 Å². The molecule has 3 aliphatic heterocycles. The van der Waals surface area contributed by atoms with Crippen LogP contribution in [0.4, 0.5) is 0 Å². The van der Waals surface area contributed by atoms with E-state index >= 15 is 0 Å². The van der Waals surface area contributed by atoms with Crippen molar-refractivity contribution in [3.05, 3.63) is 0 Å². The summed E-state index contributed by atoms with van der Waals surface area (Å²) in [5, 5.41) is 24.9. The predicted octanol–water partition coefficient (Wildman–Crippen LogP) is -2.84. The number of carbonyl (C=O) groups is 9. The van der Waals surface area contributed by atoms with Crippen molar-refractivity contribution < 1.29 is 48.3 Å². The number of carboxylic acids is 1. The molecule has 3 rings (SSSR count). The molecule has 324 valence electrons. The van der Waals surface area contributed by atoms with E-state index in [1.165, 1.54) is 16.7 Å². The normalized spacial score (nSPS) is 27.9. The van der Waals surface area contributed by atoms with Gasteiger partial charge in [0.05, 0.1) is 13.0 Å². The van der Waals surface area contributed by atoms with Crippen LogP contribution in [0.2, 0.25) is 0 Å². The molecule has 3 saturated heterocycles. The first-order valence-corrected chi connectivity index (χ1v) is 20.0. The van der Waals surface area contributed by atoms with Gasteiger partial charge in [-0.15, -0.1) is 0 Å². The van der Waals surface area contributed by atoms with Crippen molar-refractivity contribution in [3.8, 4) is 0 Å². The third-order valence-electron chi connectivity index (χ3n) is 10.6. The summed E-state index contributed by atoms with van der Waals surface area (Å²) in [7, 11) is 0. The fourth-order valence-corrected chi connectivity index (χ4v) is 7.26. The van der Waals surface area contributed by atoms with Crippen molar-refractivity contribution in [2.24, 2.45) is 28.3 Å². The summed E-state index contributed by atoms with van der Waals surface area (Å²) in [6.45, 7) is 8.37. The van der Waals surface area contributed by atoms with Gasteiger partial charge in [-0.3, -0.25) is 48.1 Å². The summed E-state index contributed by atoms with van der Waals surface area (Å²) < 4.78 is 0. The summed E-state index contributed by atoms with van der Waals surface area (Å²) in [5.74, 6) is -7.94. The van der Waals surface area contributed by atoms with Crippen LogP contribution in [0.3, 0.4) is 0 Å². The van der Waals surface area contributed by atoms with Crippen LogP contribution in [-0.2, 0) is 43.2 Å². The second kappa shape index (κ2) is 21.9. The monoisotopic (exact) mass is 819 g/mol. The van der Waals surface area contributed by atoms with Gasteiger partial charge in [-0.05, 0) is 63.7 Å². The molecule has 58 heavy (non-hydrogen) atoms. The van der Waals surface area contributed by atoms with Gasteiger partial charge in [0.1, 0.15) is 42.3 Å². The second-order valence-electron chi connectivity index (χ2n) is 15.6. The van der Waals surface area contributed by atoms with Crippen molar-refractivity contribution in [2.45, 2.75) is 135 Å². The lowest BCUT2D eigenvalue weighted by molar-refractivity contribution is -0.148. The first kappa shape index (κ1) is 46.9. The quantitative estimate of drug-likeness (QED) is 0.0612. The van der Waals surface area contributed by atoms with Crippen LogP contribution >= 0.6 is 0 Å². The number of nitrogens with zero attached hydrogens (tertiary/aromatic N) is 3. The number of rotatable bonds is 10. The molecule has 0 radical (unpaired) electrons. The topological polar surface area (TPSA) is 317 Å². The SMILES string of the molecule is CC[C@H](C)[C@@H]1NC(=O)[C@H](C)NC(=O)[C@@H]2CCCN2C(=O)[C@H]2CCCN2C(=O)[C@H](CC(C)C)NC(=O)[C@H](CC(=O)O)NC(=O)CNC(=O)[C@H](CCCN=C(N)N)NC1=O. The Bertz CT molecular complexity index is 1590. The van der Waals surface area contributed by atoms with Gasteiger partial charge in [-0.2, -0.15) is 0 Å². The first-order valence-electron chi connectivity index (χ1n) is 20.0. The molecule has 0 aliphatic carbocycles. The highest BCUT2D eigenvalue weighted by Crippen LogP contribution is 2.26. The van der Waals surface area contributed by atoms with Gasteiger partial charge in [0.2, 0.25) is 47.3 Å². The van der Waals surface area contributed by atoms with E-state index in [0.29, 0.717) is 32.1 Å². The van der Waals surface area contributed by atoms with Crippen molar-refractivity contribution in [1.82, 2.24) is 41.7 Å². The molecule has 21 nitrogen and oxygen atoms in total. The Labute approximate surface area is 338 Å². The lowest BCUT2D eigenvalue weighted by Crippen LogP contribution is -2.60. The minimum atomic E-state index is -1.66. The van der Waals surface area contributed by atoms with Gasteiger partial charge >= 0.3 is 5.97 Å². The zero-order valence-corrected chi connectivity index (χ0v) is 34.0. The fourth-order valence-electron chi connectivity index (χ4n) is 7.26. The highest BCUT2D eigenvalue weighted by atomic mass is 16.4. The molecule has 11 N–H and O–H groups in total. The number of carbonyl (C=O) groups excluding carboxylic acids is 8. The maximum absolute atomic E-state index is 14.1. The Hall–Kier alpha value is -5.50. The van der Waals surface area contributed by atoms with E-state index in [1.54, 1.807) is 13.8 Å². The lowest BCUT2D eigenvalue weighted by Gasteiger charge is -2.34. The average molecular weight is 820 g/mol. The molecular weight excluding hydrogens is 758 g/mol. The Morgan fingerprint density at radius 1 is 0.776 bits per heavy atom. The number of hydrogen-bond donors (Lipinski definition) is 9. The van der Waals surface area contributed by atoms with E-state index in [0.717, 1.165) is 0 Å². The third kappa shape index (κ3) is 13.3. The molecule has 3 fully saturated rings. The van der Waals surface area contributed by atoms with Gasteiger partial charge in [-0.25, -0.2) is 0 Å². The van der Waals surface area contributed by atoms with E-state index in [2.05, 4.69) is 36.9 Å². The Morgan fingerprint density at radius 2 is 1.40 bits per heavy atom. The van der Waals surface area contributed by atoms with Crippen molar-refractivity contribution >= 4 is 59.2 Å². The van der Waals surface area contributed by atoms with E-state index in [4.69, 9.17) is 11.5 Å². The summed E-state index contributed by atoms with van der Waals surface area (Å²) in [6, 6.07) is -8.30. The van der Waals surface area contributed by atoms with Crippen molar-refractivity contribution in [1.29, 1.82) is 0 Å². The summed E-state index contributed by atoms with van der Waals surface area (Å²) >= 11 is 0. The number of nitrogens with two attached hydrogens (primary N) is 2.